The van der Waals surface area contributed by atoms with Gasteiger partial charge in [0.1, 0.15) is 5.75 Å². The first-order chi connectivity index (χ1) is 7.24. The van der Waals surface area contributed by atoms with Crippen LogP contribution in [0.5, 0.6) is 11.6 Å². The topological polar surface area (TPSA) is 48.1 Å². The van der Waals surface area contributed by atoms with Gasteiger partial charge in [-0.05, 0) is 24.3 Å². The van der Waals surface area contributed by atoms with Gasteiger partial charge in [-0.3, -0.25) is 0 Å². The standard InChI is InChI=1S/C11H9ClN2O/c12-8-2-1-3-10(6-8)15-11-7-9(13)4-5-14-11/h1-7H,(H2,13,14). The number of benzene rings is 1. The number of hydrogen-bond donors (Lipinski definition) is 1. The summed E-state index contributed by atoms with van der Waals surface area (Å²) in [6.07, 6.45) is 1.59. The van der Waals surface area contributed by atoms with Crippen LogP contribution in [0.2, 0.25) is 5.02 Å². The van der Waals surface area contributed by atoms with Crippen LogP contribution in [0.25, 0.3) is 0 Å². The first-order valence-electron chi connectivity index (χ1n) is 4.39. The lowest BCUT2D eigenvalue weighted by Crippen LogP contribution is -1.90. The normalized spacial score (nSPS) is 9.93. The summed E-state index contributed by atoms with van der Waals surface area (Å²) in [6.45, 7) is 0. The number of rotatable bonds is 2. The smallest absolute Gasteiger partial charge is 0.221 e. The van der Waals surface area contributed by atoms with Gasteiger partial charge in [-0.1, -0.05) is 17.7 Å². The molecule has 1 aromatic heterocycles. The predicted octanol–water partition coefficient (Wildman–Crippen LogP) is 3.11. The number of nitrogens with two attached hydrogens (primary N) is 1. The number of hydrogen-bond acceptors (Lipinski definition) is 3. The van der Waals surface area contributed by atoms with Gasteiger partial charge in [0.25, 0.3) is 0 Å². The SMILES string of the molecule is Nc1ccnc(Oc2cccc(Cl)c2)c1. The van der Waals surface area contributed by atoms with E-state index in [1.54, 1.807) is 36.5 Å². The first kappa shape index (κ1) is 9.80. The van der Waals surface area contributed by atoms with Gasteiger partial charge in [0.2, 0.25) is 5.88 Å². The Bertz CT molecular complexity index is 430. The van der Waals surface area contributed by atoms with Crippen molar-refractivity contribution in [2.75, 3.05) is 5.73 Å². The van der Waals surface area contributed by atoms with Crippen molar-refractivity contribution >= 4 is 17.3 Å². The lowest BCUT2D eigenvalue weighted by atomic mass is 10.3. The fourth-order valence-electron chi connectivity index (χ4n) is 1.13. The molecule has 15 heavy (non-hydrogen) atoms. The number of anilines is 1. The van der Waals surface area contributed by atoms with Crippen LogP contribution in [0.3, 0.4) is 0 Å². The average Bonchev–Trinajstić information content (AvgIpc) is 2.17. The van der Waals surface area contributed by atoms with E-state index >= 15 is 0 Å². The van der Waals surface area contributed by atoms with Crippen molar-refractivity contribution in [2.45, 2.75) is 0 Å². The van der Waals surface area contributed by atoms with Gasteiger partial charge >= 0.3 is 0 Å². The molecule has 2 rings (SSSR count). The van der Waals surface area contributed by atoms with Crippen LogP contribution in [-0.4, -0.2) is 4.98 Å². The lowest BCUT2D eigenvalue weighted by molar-refractivity contribution is 0.463. The number of nitrogens with zero attached hydrogens (tertiary/aromatic N) is 1. The zero-order chi connectivity index (χ0) is 10.7. The first-order valence-corrected chi connectivity index (χ1v) is 4.77. The summed E-state index contributed by atoms with van der Waals surface area (Å²) in [5, 5.41) is 0.622. The molecule has 0 aliphatic rings. The molecule has 3 nitrogen and oxygen atoms in total. The largest absolute Gasteiger partial charge is 0.439 e. The van der Waals surface area contributed by atoms with Crippen molar-refractivity contribution in [1.82, 2.24) is 4.98 Å². The summed E-state index contributed by atoms with van der Waals surface area (Å²) in [4.78, 5) is 4.02. The molecule has 0 aliphatic heterocycles. The van der Waals surface area contributed by atoms with E-state index in [9.17, 15) is 0 Å². The van der Waals surface area contributed by atoms with Crippen LogP contribution >= 0.6 is 11.6 Å². The fraction of sp³-hybridized carbons (Fsp3) is 0. The third kappa shape index (κ3) is 2.60. The summed E-state index contributed by atoms with van der Waals surface area (Å²) >= 11 is 5.82. The molecular weight excluding hydrogens is 212 g/mol. The summed E-state index contributed by atoms with van der Waals surface area (Å²) in [5.74, 6) is 1.10. The monoisotopic (exact) mass is 220 g/mol. The fourth-order valence-corrected chi connectivity index (χ4v) is 1.31. The molecule has 0 bridgehead atoms. The number of nitrogen functional groups attached to an aromatic ring is 1. The highest BCUT2D eigenvalue weighted by molar-refractivity contribution is 6.30. The van der Waals surface area contributed by atoms with Crippen LogP contribution in [0.1, 0.15) is 0 Å². The molecule has 0 saturated carbocycles. The molecule has 0 radical (unpaired) electrons. The third-order valence-electron chi connectivity index (χ3n) is 1.78. The van der Waals surface area contributed by atoms with Crippen LogP contribution in [0, 0.1) is 0 Å². The maximum absolute atomic E-state index is 5.82. The quantitative estimate of drug-likeness (QED) is 0.846. The van der Waals surface area contributed by atoms with Crippen molar-refractivity contribution in [3.05, 3.63) is 47.6 Å². The molecule has 0 amide bonds. The number of aromatic nitrogens is 1. The van der Waals surface area contributed by atoms with Crippen molar-refractivity contribution < 1.29 is 4.74 Å². The molecule has 0 atom stereocenters. The molecule has 0 saturated heterocycles. The van der Waals surface area contributed by atoms with Gasteiger partial charge in [-0.25, -0.2) is 4.98 Å². The minimum Gasteiger partial charge on any atom is -0.439 e. The van der Waals surface area contributed by atoms with Crippen molar-refractivity contribution in [2.24, 2.45) is 0 Å². The molecule has 1 heterocycles. The molecule has 0 spiro atoms. The molecular formula is C11H9ClN2O. The van der Waals surface area contributed by atoms with E-state index in [1.165, 1.54) is 0 Å². The highest BCUT2D eigenvalue weighted by atomic mass is 35.5. The maximum Gasteiger partial charge on any atom is 0.221 e. The molecule has 1 aromatic carbocycles. The second-order valence-electron chi connectivity index (χ2n) is 2.99. The Kier molecular flexibility index (Phi) is 2.74. The van der Waals surface area contributed by atoms with Crippen LogP contribution < -0.4 is 10.5 Å². The summed E-state index contributed by atoms with van der Waals surface area (Å²) < 4.78 is 5.46. The van der Waals surface area contributed by atoms with Crippen molar-refractivity contribution in [1.29, 1.82) is 0 Å². The highest BCUT2D eigenvalue weighted by Gasteiger charge is 1.99. The van der Waals surface area contributed by atoms with Crippen LogP contribution in [0.4, 0.5) is 5.69 Å². The van der Waals surface area contributed by atoms with Crippen molar-refractivity contribution in [3.8, 4) is 11.6 Å². The van der Waals surface area contributed by atoms with Gasteiger partial charge in [-0.15, -0.1) is 0 Å². The Labute approximate surface area is 92.5 Å². The van der Waals surface area contributed by atoms with Gasteiger partial charge in [0, 0.05) is 23.0 Å². The zero-order valence-corrected chi connectivity index (χ0v) is 8.61. The number of pyridine rings is 1. The maximum atomic E-state index is 5.82. The van der Waals surface area contributed by atoms with Crippen molar-refractivity contribution in [3.63, 3.8) is 0 Å². The zero-order valence-electron chi connectivity index (χ0n) is 7.85. The Hall–Kier alpha value is -1.74. The Morgan fingerprint density at radius 1 is 1.20 bits per heavy atom. The van der Waals surface area contributed by atoms with Gasteiger partial charge < -0.3 is 10.5 Å². The molecule has 2 aromatic rings. The average molecular weight is 221 g/mol. The van der Waals surface area contributed by atoms with E-state index in [0.29, 0.717) is 22.3 Å². The lowest BCUT2D eigenvalue weighted by Gasteiger charge is -2.04. The van der Waals surface area contributed by atoms with Gasteiger partial charge in [0.15, 0.2) is 0 Å². The molecule has 4 heteroatoms. The highest BCUT2D eigenvalue weighted by Crippen LogP contribution is 2.23. The number of ether oxygens (including phenoxy) is 1. The van der Waals surface area contributed by atoms with E-state index in [4.69, 9.17) is 22.1 Å². The van der Waals surface area contributed by atoms with Gasteiger partial charge in [-0.2, -0.15) is 0 Å². The summed E-state index contributed by atoms with van der Waals surface area (Å²) in [7, 11) is 0. The minimum absolute atomic E-state index is 0.456. The molecule has 0 aliphatic carbocycles. The molecule has 0 fully saturated rings. The van der Waals surface area contributed by atoms with Crippen LogP contribution in [-0.2, 0) is 0 Å². The Morgan fingerprint density at radius 2 is 2.07 bits per heavy atom. The predicted molar refractivity (Wildman–Crippen MR) is 60.2 cm³/mol. The third-order valence-corrected chi connectivity index (χ3v) is 2.01. The minimum atomic E-state index is 0.456. The van der Waals surface area contributed by atoms with E-state index in [2.05, 4.69) is 4.98 Å². The van der Waals surface area contributed by atoms with E-state index in [0.717, 1.165) is 0 Å². The van der Waals surface area contributed by atoms with E-state index in [1.807, 2.05) is 6.07 Å². The number of halogens is 1. The summed E-state index contributed by atoms with van der Waals surface area (Å²) in [6, 6.07) is 10.5. The van der Waals surface area contributed by atoms with E-state index in [-0.39, 0.29) is 0 Å². The second-order valence-corrected chi connectivity index (χ2v) is 3.42. The van der Waals surface area contributed by atoms with Crippen LogP contribution in [0.15, 0.2) is 42.6 Å². The molecule has 76 valence electrons. The van der Waals surface area contributed by atoms with E-state index < -0.39 is 0 Å². The summed E-state index contributed by atoms with van der Waals surface area (Å²) in [5.41, 5.74) is 6.21. The Balaban J connectivity index is 2.22. The van der Waals surface area contributed by atoms with Gasteiger partial charge in [0.05, 0.1) is 0 Å². The second kappa shape index (κ2) is 4.19. The molecule has 2 N–H and O–H groups in total. The molecule has 0 unspecified atom stereocenters. The Morgan fingerprint density at radius 3 is 2.80 bits per heavy atom.